The second-order valence-corrected chi connectivity index (χ2v) is 6.74. The molecule has 0 unspecified atom stereocenters. The van der Waals surface area contributed by atoms with Crippen LogP contribution in [0.2, 0.25) is 0 Å². The maximum absolute atomic E-state index is 12.7. The lowest BCUT2D eigenvalue weighted by atomic mass is 9.69. The Labute approximate surface area is 145 Å². The number of benzene rings is 1. The van der Waals surface area contributed by atoms with Crippen LogP contribution in [0.4, 0.5) is 5.69 Å². The summed E-state index contributed by atoms with van der Waals surface area (Å²) in [6.07, 6.45) is 4.56. The second kappa shape index (κ2) is 6.35. The summed E-state index contributed by atoms with van der Waals surface area (Å²) in [7, 11) is 0. The zero-order valence-corrected chi connectivity index (χ0v) is 14.2. The van der Waals surface area contributed by atoms with E-state index in [4.69, 9.17) is 4.74 Å². The molecule has 6 heteroatoms. The summed E-state index contributed by atoms with van der Waals surface area (Å²) in [6.45, 7) is 3.68. The van der Waals surface area contributed by atoms with Crippen LogP contribution < -0.4 is 5.32 Å². The number of carbonyl (C=O) groups is 3. The van der Waals surface area contributed by atoms with E-state index < -0.39 is 23.3 Å². The van der Waals surface area contributed by atoms with Gasteiger partial charge in [0.15, 0.2) is 0 Å². The van der Waals surface area contributed by atoms with Gasteiger partial charge in [-0.2, -0.15) is 0 Å². The van der Waals surface area contributed by atoms with Crippen LogP contribution in [-0.2, 0) is 14.3 Å². The van der Waals surface area contributed by atoms with Crippen molar-refractivity contribution in [2.45, 2.75) is 20.3 Å². The molecular weight excluding hydrogens is 322 g/mol. The van der Waals surface area contributed by atoms with Crippen molar-refractivity contribution in [1.29, 1.82) is 0 Å². The molecule has 132 valence electrons. The zero-order chi connectivity index (χ0) is 18.2. The molecule has 0 saturated heterocycles. The van der Waals surface area contributed by atoms with Gasteiger partial charge < -0.3 is 15.2 Å². The van der Waals surface area contributed by atoms with Gasteiger partial charge in [-0.25, -0.2) is 4.79 Å². The van der Waals surface area contributed by atoms with E-state index in [2.05, 4.69) is 5.32 Å². The molecule has 2 aliphatic rings. The second-order valence-electron chi connectivity index (χ2n) is 6.74. The van der Waals surface area contributed by atoms with Crippen molar-refractivity contribution < 1.29 is 24.2 Å². The van der Waals surface area contributed by atoms with Gasteiger partial charge in [0.25, 0.3) is 0 Å². The number of aliphatic carboxylic acids is 1. The summed E-state index contributed by atoms with van der Waals surface area (Å²) in [4.78, 5) is 36.2. The van der Waals surface area contributed by atoms with E-state index >= 15 is 0 Å². The number of carboxylic acids is 1. The largest absolute Gasteiger partial charge is 0.481 e. The number of hydrogen-bond donors (Lipinski definition) is 2. The molecule has 1 amide bonds. The number of fused-ring (bicyclic) bond motifs is 2. The summed E-state index contributed by atoms with van der Waals surface area (Å²) >= 11 is 0. The highest BCUT2D eigenvalue weighted by molar-refractivity contribution is 5.98. The Morgan fingerprint density at radius 2 is 1.92 bits per heavy atom. The summed E-state index contributed by atoms with van der Waals surface area (Å²) in [5.41, 5.74) is -0.162. The van der Waals surface area contributed by atoms with Crippen molar-refractivity contribution in [1.82, 2.24) is 0 Å². The predicted molar refractivity (Wildman–Crippen MR) is 91.0 cm³/mol. The van der Waals surface area contributed by atoms with Gasteiger partial charge in [-0.3, -0.25) is 9.59 Å². The number of amides is 1. The fourth-order valence-corrected chi connectivity index (χ4v) is 3.98. The molecule has 6 nitrogen and oxygen atoms in total. The Morgan fingerprint density at radius 1 is 1.24 bits per heavy atom. The lowest BCUT2D eigenvalue weighted by Crippen LogP contribution is -2.45. The maximum Gasteiger partial charge on any atom is 0.338 e. The van der Waals surface area contributed by atoms with Gasteiger partial charge in [-0.15, -0.1) is 0 Å². The standard InChI is InChI=1S/C19H21NO5/c1-3-25-17(22)11-5-8-14(9-6-11)20-16(21)15-12-4-7-13(10-12)19(15,2)18(23)24/h4-9,12-13,15H,3,10H2,1-2H3,(H,20,21)(H,23,24)/t12-,13+,15+,19-/m1/s1. The topological polar surface area (TPSA) is 92.7 Å². The fourth-order valence-electron chi connectivity index (χ4n) is 3.98. The average Bonchev–Trinajstić information content (AvgIpc) is 3.15. The zero-order valence-electron chi connectivity index (χ0n) is 14.2. The number of allylic oxidation sites excluding steroid dienone is 2. The van der Waals surface area contributed by atoms with Crippen molar-refractivity contribution in [2.24, 2.45) is 23.2 Å². The Hall–Kier alpha value is -2.63. The lowest BCUT2D eigenvalue weighted by molar-refractivity contribution is -0.155. The molecule has 3 rings (SSSR count). The van der Waals surface area contributed by atoms with E-state index in [0.717, 1.165) is 0 Å². The quantitative estimate of drug-likeness (QED) is 0.633. The Balaban J connectivity index is 1.75. The molecule has 0 heterocycles. The summed E-state index contributed by atoms with van der Waals surface area (Å²) in [5.74, 6) is -2.43. The predicted octanol–water partition coefficient (Wildman–Crippen LogP) is 2.71. The third-order valence-electron chi connectivity index (χ3n) is 5.37. The van der Waals surface area contributed by atoms with E-state index in [1.807, 2.05) is 12.2 Å². The van der Waals surface area contributed by atoms with Gasteiger partial charge in [0.1, 0.15) is 0 Å². The minimum Gasteiger partial charge on any atom is -0.481 e. The first kappa shape index (κ1) is 17.2. The highest BCUT2D eigenvalue weighted by Crippen LogP contribution is 2.56. The fraction of sp³-hybridized carbons (Fsp3) is 0.421. The van der Waals surface area contributed by atoms with Crippen molar-refractivity contribution in [2.75, 3.05) is 11.9 Å². The van der Waals surface area contributed by atoms with E-state index in [0.29, 0.717) is 24.3 Å². The van der Waals surface area contributed by atoms with Crippen LogP contribution in [0.3, 0.4) is 0 Å². The van der Waals surface area contributed by atoms with E-state index in [-0.39, 0.29) is 17.7 Å². The van der Waals surface area contributed by atoms with Gasteiger partial charge in [-0.1, -0.05) is 12.2 Å². The van der Waals surface area contributed by atoms with Gasteiger partial charge in [0, 0.05) is 5.69 Å². The third kappa shape index (κ3) is 2.81. The molecule has 1 aromatic carbocycles. The van der Waals surface area contributed by atoms with Crippen LogP contribution >= 0.6 is 0 Å². The van der Waals surface area contributed by atoms with Gasteiger partial charge in [0.05, 0.1) is 23.5 Å². The molecule has 0 aromatic heterocycles. The number of carboxylic acid groups (broad SMARTS) is 1. The van der Waals surface area contributed by atoms with E-state index in [1.54, 1.807) is 38.1 Å². The first-order valence-electron chi connectivity index (χ1n) is 8.37. The van der Waals surface area contributed by atoms with Crippen LogP contribution in [0.15, 0.2) is 36.4 Å². The minimum absolute atomic E-state index is 0.0510. The van der Waals surface area contributed by atoms with E-state index in [1.165, 1.54) is 0 Å². The number of hydrogen-bond acceptors (Lipinski definition) is 4. The van der Waals surface area contributed by atoms with E-state index in [9.17, 15) is 19.5 Å². The van der Waals surface area contributed by atoms with Crippen molar-refractivity contribution in [3.05, 3.63) is 42.0 Å². The van der Waals surface area contributed by atoms with Crippen LogP contribution in [0.5, 0.6) is 0 Å². The lowest BCUT2D eigenvalue weighted by Gasteiger charge is -2.33. The van der Waals surface area contributed by atoms with Crippen LogP contribution in [-0.4, -0.2) is 29.6 Å². The highest BCUT2D eigenvalue weighted by atomic mass is 16.5. The molecule has 2 bridgehead atoms. The molecule has 0 aliphatic heterocycles. The van der Waals surface area contributed by atoms with Crippen LogP contribution in [0, 0.1) is 23.2 Å². The number of rotatable bonds is 5. The van der Waals surface area contributed by atoms with Gasteiger partial charge >= 0.3 is 11.9 Å². The minimum atomic E-state index is -1.09. The molecule has 1 saturated carbocycles. The highest BCUT2D eigenvalue weighted by Gasteiger charge is 2.60. The number of esters is 1. The molecule has 1 aromatic rings. The van der Waals surface area contributed by atoms with Crippen LogP contribution in [0.1, 0.15) is 30.6 Å². The molecule has 1 fully saturated rings. The molecule has 2 N–H and O–H groups in total. The molecule has 0 spiro atoms. The van der Waals surface area contributed by atoms with Crippen molar-refractivity contribution in [3.8, 4) is 0 Å². The molecule has 4 atom stereocenters. The number of ether oxygens (including phenoxy) is 1. The molecule has 0 radical (unpaired) electrons. The monoisotopic (exact) mass is 343 g/mol. The number of carbonyl (C=O) groups excluding carboxylic acids is 2. The van der Waals surface area contributed by atoms with Crippen molar-refractivity contribution >= 4 is 23.5 Å². The number of anilines is 1. The average molecular weight is 343 g/mol. The number of nitrogens with one attached hydrogen (secondary N) is 1. The third-order valence-corrected chi connectivity index (χ3v) is 5.37. The Bertz CT molecular complexity index is 739. The Morgan fingerprint density at radius 3 is 2.52 bits per heavy atom. The molecule has 2 aliphatic carbocycles. The summed E-state index contributed by atoms with van der Waals surface area (Å²) in [5, 5.41) is 12.5. The van der Waals surface area contributed by atoms with Crippen molar-refractivity contribution in [3.63, 3.8) is 0 Å². The van der Waals surface area contributed by atoms with Gasteiger partial charge in [-0.05, 0) is 56.4 Å². The Kier molecular flexibility index (Phi) is 4.37. The van der Waals surface area contributed by atoms with Crippen LogP contribution in [0.25, 0.3) is 0 Å². The summed E-state index contributed by atoms with van der Waals surface area (Å²) < 4.78 is 4.92. The molecular formula is C19H21NO5. The normalized spacial score (nSPS) is 29.4. The molecule has 25 heavy (non-hydrogen) atoms. The SMILES string of the molecule is CCOC(=O)c1ccc(NC(=O)[C@@H]2[C@@H]3C=C[C@@H](C3)[C@@]2(C)C(=O)O)cc1. The first-order valence-corrected chi connectivity index (χ1v) is 8.37. The smallest absolute Gasteiger partial charge is 0.338 e. The maximum atomic E-state index is 12.7. The van der Waals surface area contributed by atoms with Gasteiger partial charge in [0.2, 0.25) is 5.91 Å². The first-order chi connectivity index (χ1) is 11.9. The summed E-state index contributed by atoms with van der Waals surface area (Å²) in [6, 6.07) is 6.38.